The topological polar surface area (TPSA) is 72.5 Å². The molecule has 0 saturated carbocycles. The second-order valence-corrected chi connectivity index (χ2v) is 8.97. The third kappa shape index (κ3) is 12.7. The maximum absolute atomic E-state index is 12.6. The molecule has 7 nitrogen and oxygen atoms in total. The van der Waals surface area contributed by atoms with Crippen molar-refractivity contribution in [2.45, 2.75) is 84.3 Å². The molecule has 7 heteroatoms. The Hall–Kier alpha value is -1.67. The summed E-state index contributed by atoms with van der Waals surface area (Å²) in [6, 6.07) is 3.77. The molecule has 0 aromatic heterocycles. The van der Waals surface area contributed by atoms with Gasteiger partial charge >= 0.3 is 5.97 Å². The van der Waals surface area contributed by atoms with Crippen LogP contribution >= 0.6 is 0 Å². The molecule has 0 unspecified atom stereocenters. The Morgan fingerprint density at radius 1 is 0.714 bits per heavy atom. The van der Waals surface area contributed by atoms with Gasteiger partial charge in [0.1, 0.15) is 5.75 Å². The molecule has 2 rings (SSSR count). The number of rotatable bonds is 13. The van der Waals surface area contributed by atoms with Gasteiger partial charge < -0.3 is 28.4 Å². The van der Waals surface area contributed by atoms with Crippen LogP contribution in [-0.4, -0.2) is 59.3 Å². The minimum absolute atomic E-state index is 0.271. The molecule has 0 amide bonds. The lowest BCUT2D eigenvalue weighted by atomic mass is 10.0. The zero-order valence-corrected chi connectivity index (χ0v) is 21.9. The first-order chi connectivity index (χ1) is 17.3. The van der Waals surface area contributed by atoms with Gasteiger partial charge in [0.05, 0.1) is 72.1 Å². The van der Waals surface area contributed by atoms with Crippen LogP contribution in [0.25, 0.3) is 0 Å². The summed E-state index contributed by atoms with van der Waals surface area (Å²) in [5, 5.41) is 0. The van der Waals surface area contributed by atoms with Crippen LogP contribution in [0.2, 0.25) is 0 Å². The Morgan fingerprint density at radius 2 is 1.17 bits per heavy atom. The van der Waals surface area contributed by atoms with Crippen LogP contribution in [0.4, 0.5) is 0 Å². The molecule has 1 aromatic carbocycles. The van der Waals surface area contributed by atoms with Gasteiger partial charge in [0, 0.05) is 0 Å². The summed E-state index contributed by atoms with van der Waals surface area (Å²) >= 11 is 0. The van der Waals surface area contributed by atoms with Crippen LogP contribution in [0.15, 0.2) is 12.1 Å². The summed E-state index contributed by atoms with van der Waals surface area (Å²) in [4.78, 5) is 12.6. The third-order valence-electron chi connectivity index (χ3n) is 6.06. The molecule has 1 aromatic rings. The Balaban J connectivity index is 1.90. The highest BCUT2D eigenvalue weighted by Gasteiger charge is 2.20. The normalized spacial score (nSPS) is 15.7. The van der Waals surface area contributed by atoms with Crippen molar-refractivity contribution < 1.29 is 33.2 Å². The van der Waals surface area contributed by atoms with Crippen LogP contribution in [0.3, 0.4) is 0 Å². The van der Waals surface area contributed by atoms with Crippen molar-refractivity contribution in [2.24, 2.45) is 0 Å². The van der Waals surface area contributed by atoms with E-state index in [1.807, 2.05) is 12.1 Å². The van der Waals surface area contributed by atoms with E-state index in [0.717, 1.165) is 23.3 Å². The van der Waals surface area contributed by atoms with Gasteiger partial charge in [0.15, 0.2) is 0 Å². The fourth-order valence-electron chi connectivity index (χ4n) is 4.11. The number of hydrogen-bond donors (Lipinski definition) is 0. The minimum atomic E-state index is -0.403. The standard InChI is InChI=1S/C28H46O7/c1-3-4-5-6-7-8-9-10-11-12-13-35-26-20-24-22-33-18-16-31-14-15-32-17-19-34-23-25(21-26)27(24)28(29)30-2/h20-21H,3-19,22-23H2,1-2H3. The maximum atomic E-state index is 12.6. The third-order valence-corrected chi connectivity index (χ3v) is 6.06. The van der Waals surface area contributed by atoms with Gasteiger partial charge in [-0.1, -0.05) is 64.7 Å². The molecule has 1 aliphatic heterocycles. The quantitative estimate of drug-likeness (QED) is 0.251. The van der Waals surface area contributed by atoms with Crippen molar-refractivity contribution in [1.82, 2.24) is 0 Å². The first kappa shape index (κ1) is 29.6. The van der Waals surface area contributed by atoms with Gasteiger partial charge in [-0.25, -0.2) is 4.79 Å². The van der Waals surface area contributed by atoms with Crippen LogP contribution in [0, 0.1) is 0 Å². The lowest BCUT2D eigenvalue weighted by molar-refractivity contribution is -0.00523. The van der Waals surface area contributed by atoms with Crippen molar-refractivity contribution in [3.05, 3.63) is 28.8 Å². The fraction of sp³-hybridized carbons (Fsp3) is 0.750. The molecule has 0 aliphatic carbocycles. The van der Waals surface area contributed by atoms with Crippen molar-refractivity contribution in [1.29, 1.82) is 0 Å². The number of methoxy groups -OCH3 is 1. The Kier molecular flexibility index (Phi) is 16.5. The SMILES string of the molecule is CCCCCCCCCCCCOc1cc2c(C(=O)OC)c(c1)COCCOCCOCCOC2. The first-order valence-electron chi connectivity index (χ1n) is 13.4. The molecular formula is C28H46O7. The predicted molar refractivity (Wildman–Crippen MR) is 136 cm³/mol. The lowest BCUT2D eigenvalue weighted by Crippen LogP contribution is -2.14. The Morgan fingerprint density at radius 3 is 1.66 bits per heavy atom. The zero-order valence-electron chi connectivity index (χ0n) is 21.9. The van der Waals surface area contributed by atoms with Crippen LogP contribution < -0.4 is 4.74 Å². The van der Waals surface area contributed by atoms with E-state index in [9.17, 15) is 4.79 Å². The van der Waals surface area contributed by atoms with E-state index >= 15 is 0 Å². The van der Waals surface area contributed by atoms with Crippen molar-refractivity contribution in [3.8, 4) is 5.75 Å². The number of carbonyl (C=O) groups is 1. The number of unbranched alkanes of at least 4 members (excludes halogenated alkanes) is 9. The van der Waals surface area contributed by atoms with Crippen molar-refractivity contribution in [3.63, 3.8) is 0 Å². The average Bonchev–Trinajstić information content (AvgIpc) is 2.87. The summed E-state index contributed by atoms with van der Waals surface area (Å²) in [6.45, 7) is 6.27. The zero-order chi connectivity index (χ0) is 25.0. The highest BCUT2D eigenvalue weighted by atomic mass is 16.6. The molecule has 2 bridgehead atoms. The first-order valence-corrected chi connectivity index (χ1v) is 13.4. The van der Waals surface area contributed by atoms with Crippen LogP contribution in [0.5, 0.6) is 5.75 Å². The van der Waals surface area contributed by atoms with E-state index in [4.69, 9.17) is 28.4 Å². The Labute approximate surface area is 211 Å². The summed E-state index contributed by atoms with van der Waals surface area (Å²) in [5.41, 5.74) is 1.96. The second-order valence-electron chi connectivity index (χ2n) is 8.97. The molecule has 0 radical (unpaired) electrons. The number of carbonyl (C=O) groups excluding carboxylic acids is 1. The molecule has 0 spiro atoms. The van der Waals surface area contributed by atoms with E-state index in [1.165, 1.54) is 64.9 Å². The van der Waals surface area contributed by atoms with E-state index in [0.29, 0.717) is 51.8 Å². The summed E-state index contributed by atoms with van der Waals surface area (Å²) < 4.78 is 33.7. The van der Waals surface area contributed by atoms with Gasteiger partial charge in [-0.15, -0.1) is 0 Å². The van der Waals surface area contributed by atoms with Gasteiger partial charge in [-0.2, -0.15) is 0 Å². The highest BCUT2D eigenvalue weighted by Crippen LogP contribution is 2.26. The van der Waals surface area contributed by atoms with Gasteiger partial charge in [-0.05, 0) is 29.7 Å². The predicted octanol–water partition coefficient (Wildman–Crippen LogP) is 5.85. The van der Waals surface area contributed by atoms with Gasteiger partial charge in [-0.3, -0.25) is 0 Å². The molecule has 1 aliphatic rings. The monoisotopic (exact) mass is 494 g/mol. The van der Waals surface area contributed by atoms with Crippen molar-refractivity contribution >= 4 is 5.97 Å². The molecule has 35 heavy (non-hydrogen) atoms. The maximum Gasteiger partial charge on any atom is 0.338 e. The molecule has 0 fully saturated rings. The van der Waals surface area contributed by atoms with E-state index < -0.39 is 5.97 Å². The lowest BCUT2D eigenvalue weighted by Gasteiger charge is -2.17. The molecular weight excluding hydrogens is 448 g/mol. The van der Waals surface area contributed by atoms with Crippen LogP contribution in [0.1, 0.15) is 92.6 Å². The Bertz CT molecular complexity index is 657. The largest absolute Gasteiger partial charge is 0.494 e. The second kappa shape index (κ2) is 19.5. The van der Waals surface area contributed by atoms with E-state index in [2.05, 4.69) is 6.92 Å². The number of hydrogen-bond acceptors (Lipinski definition) is 7. The van der Waals surface area contributed by atoms with E-state index in [1.54, 1.807) is 0 Å². The molecule has 0 saturated heterocycles. The summed E-state index contributed by atoms with van der Waals surface area (Å²) in [6.07, 6.45) is 12.8. The number of benzene rings is 1. The van der Waals surface area contributed by atoms with Gasteiger partial charge in [0.2, 0.25) is 0 Å². The molecule has 0 atom stereocenters. The summed E-state index contributed by atoms with van der Waals surface area (Å²) in [5.74, 6) is 0.322. The highest BCUT2D eigenvalue weighted by molar-refractivity contribution is 5.93. The van der Waals surface area contributed by atoms with Gasteiger partial charge in [0.25, 0.3) is 0 Å². The molecule has 0 N–H and O–H groups in total. The molecule has 200 valence electrons. The fourth-order valence-corrected chi connectivity index (χ4v) is 4.11. The summed E-state index contributed by atoms with van der Waals surface area (Å²) in [7, 11) is 1.39. The van der Waals surface area contributed by atoms with Crippen LogP contribution in [-0.2, 0) is 36.9 Å². The number of ether oxygens (including phenoxy) is 6. The smallest absolute Gasteiger partial charge is 0.338 e. The van der Waals surface area contributed by atoms with Crippen molar-refractivity contribution in [2.75, 3.05) is 53.4 Å². The van der Waals surface area contributed by atoms with E-state index in [-0.39, 0.29) is 13.2 Å². The number of esters is 1. The minimum Gasteiger partial charge on any atom is -0.494 e. The molecule has 1 heterocycles. The average molecular weight is 495 g/mol. The number of fused-ring (bicyclic) bond motifs is 2.